The number of ether oxygens (including phenoxy) is 1. The first kappa shape index (κ1) is 16.2. The van der Waals surface area contributed by atoms with Crippen LogP contribution in [-0.4, -0.2) is 41.9 Å². The molecule has 1 amide bonds. The highest BCUT2D eigenvalue weighted by molar-refractivity contribution is 5.79. The lowest BCUT2D eigenvalue weighted by Gasteiger charge is -2.24. The van der Waals surface area contributed by atoms with Gasteiger partial charge in [0.15, 0.2) is 0 Å². The third-order valence-electron chi connectivity index (χ3n) is 5.72. The van der Waals surface area contributed by atoms with Crippen molar-refractivity contribution in [1.29, 1.82) is 0 Å². The second-order valence-electron chi connectivity index (χ2n) is 6.97. The van der Waals surface area contributed by atoms with Crippen molar-refractivity contribution in [3.8, 4) is 11.1 Å². The number of benzene rings is 2. The standard InChI is InChI=1S/C21H23NO3/c1-14-15(12-23)10-11-22(14)21(24)25-13-20-18-8-4-2-6-16(18)17-7-3-5-9-19(17)20/h2-9,14-15,20,23H,10-13H2,1H3. The fourth-order valence-electron chi connectivity index (χ4n) is 4.18. The zero-order valence-corrected chi connectivity index (χ0v) is 14.4. The van der Waals surface area contributed by atoms with Crippen LogP contribution in [0.3, 0.4) is 0 Å². The van der Waals surface area contributed by atoms with Crippen molar-refractivity contribution in [2.75, 3.05) is 19.8 Å². The minimum atomic E-state index is -0.273. The molecule has 4 heteroatoms. The Bertz CT molecular complexity index is 743. The van der Waals surface area contributed by atoms with Gasteiger partial charge >= 0.3 is 6.09 Å². The van der Waals surface area contributed by atoms with Gasteiger partial charge in [-0.15, -0.1) is 0 Å². The van der Waals surface area contributed by atoms with Crippen LogP contribution in [0.2, 0.25) is 0 Å². The summed E-state index contributed by atoms with van der Waals surface area (Å²) in [7, 11) is 0. The van der Waals surface area contributed by atoms with Crippen molar-refractivity contribution in [2.24, 2.45) is 5.92 Å². The normalized spacial score (nSPS) is 21.9. The fourth-order valence-corrected chi connectivity index (χ4v) is 4.18. The molecule has 1 N–H and O–H groups in total. The molecule has 0 aromatic heterocycles. The summed E-state index contributed by atoms with van der Waals surface area (Å²) in [6.45, 7) is 3.10. The van der Waals surface area contributed by atoms with Crippen LogP contribution in [0.5, 0.6) is 0 Å². The Morgan fingerprint density at radius 3 is 2.28 bits per heavy atom. The molecule has 0 bridgehead atoms. The molecule has 0 radical (unpaired) electrons. The number of carbonyl (C=O) groups excluding carboxylic acids is 1. The van der Waals surface area contributed by atoms with Crippen LogP contribution in [0.15, 0.2) is 48.5 Å². The number of nitrogens with zero attached hydrogens (tertiary/aromatic N) is 1. The van der Waals surface area contributed by atoms with E-state index in [1.54, 1.807) is 4.90 Å². The molecule has 1 heterocycles. The van der Waals surface area contributed by atoms with Gasteiger partial charge in [-0.2, -0.15) is 0 Å². The number of aliphatic hydroxyl groups is 1. The van der Waals surface area contributed by atoms with Crippen molar-refractivity contribution in [3.05, 3.63) is 59.7 Å². The number of hydrogen-bond donors (Lipinski definition) is 1. The largest absolute Gasteiger partial charge is 0.448 e. The van der Waals surface area contributed by atoms with Gasteiger partial charge in [-0.1, -0.05) is 48.5 Å². The van der Waals surface area contributed by atoms with Gasteiger partial charge in [0.05, 0.1) is 0 Å². The number of likely N-dealkylation sites (tertiary alicyclic amines) is 1. The van der Waals surface area contributed by atoms with Crippen molar-refractivity contribution in [2.45, 2.75) is 25.3 Å². The monoisotopic (exact) mass is 337 g/mol. The summed E-state index contributed by atoms with van der Waals surface area (Å²) >= 11 is 0. The quantitative estimate of drug-likeness (QED) is 0.930. The lowest BCUT2D eigenvalue weighted by Crippen LogP contribution is -2.37. The van der Waals surface area contributed by atoms with Gasteiger partial charge in [0.1, 0.15) is 6.61 Å². The number of carbonyl (C=O) groups is 1. The first-order valence-electron chi connectivity index (χ1n) is 8.93. The van der Waals surface area contributed by atoms with E-state index in [9.17, 15) is 9.90 Å². The number of hydrogen-bond acceptors (Lipinski definition) is 3. The van der Waals surface area contributed by atoms with Gasteiger partial charge in [0.2, 0.25) is 0 Å². The Hall–Kier alpha value is -2.33. The summed E-state index contributed by atoms with van der Waals surface area (Å²) in [5, 5.41) is 9.38. The van der Waals surface area contributed by atoms with E-state index in [0.29, 0.717) is 13.2 Å². The molecule has 0 spiro atoms. The Morgan fingerprint density at radius 2 is 1.72 bits per heavy atom. The van der Waals surface area contributed by atoms with Gasteiger partial charge in [0.25, 0.3) is 0 Å². The highest BCUT2D eigenvalue weighted by Crippen LogP contribution is 2.44. The maximum Gasteiger partial charge on any atom is 0.410 e. The summed E-state index contributed by atoms with van der Waals surface area (Å²) < 4.78 is 5.69. The van der Waals surface area contributed by atoms with Crippen LogP contribution in [0.4, 0.5) is 4.79 Å². The fraction of sp³-hybridized carbons (Fsp3) is 0.381. The second kappa shape index (κ2) is 6.52. The molecule has 2 unspecified atom stereocenters. The SMILES string of the molecule is CC1C(CO)CCN1C(=O)OCC1c2ccccc2-c2ccccc21. The molecule has 130 valence electrons. The van der Waals surface area contributed by atoms with E-state index in [0.717, 1.165) is 6.42 Å². The van der Waals surface area contributed by atoms with Crippen molar-refractivity contribution < 1.29 is 14.6 Å². The van der Waals surface area contributed by atoms with Crippen LogP contribution in [-0.2, 0) is 4.74 Å². The predicted octanol–water partition coefficient (Wildman–Crippen LogP) is 3.64. The Kier molecular flexibility index (Phi) is 4.22. The second-order valence-corrected chi connectivity index (χ2v) is 6.97. The van der Waals surface area contributed by atoms with Gasteiger partial charge in [-0.05, 0) is 35.6 Å². The summed E-state index contributed by atoms with van der Waals surface area (Å²) in [4.78, 5) is 14.3. The van der Waals surface area contributed by atoms with E-state index in [2.05, 4.69) is 24.3 Å². The molecule has 1 saturated heterocycles. The zero-order valence-electron chi connectivity index (χ0n) is 14.4. The van der Waals surface area contributed by atoms with Crippen LogP contribution in [0.1, 0.15) is 30.4 Å². The summed E-state index contributed by atoms with van der Waals surface area (Å²) in [6, 6.07) is 16.7. The number of rotatable bonds is 3. The number of aliphatic hydroxyl groups excluding tert-OH is 1. The molecule has 0 saturated carbocycles. The average Bonchev–Trinajstić information content (AvgIpc) is 3.18. The van der Waals surface area contributed by atoms with Crippen LogP contribution >= 0.6 is 0 Å². The maximum absolute atomic E-state index is 12.5. The molecule has 2 aromatic carbocycles. The molecule has 2 aromatic rings. The van der Waals surface area contributed by atoms with E-state index in [1.165, 1.54) is 22.3 Å². The van der Waals surface area contributed by atoms with E-state index >= 15 is 0 Å². The molecule has 1 aliphatic heterocycles. The highest BCUT2D eigenvalue weighted by atomic mass is 16.6. The van der Waals surface area contributed by atoms with Gasteiger partial charge in [-0.3, -0.25) is 0 Å². The molecule has 1 fully saturated rings. The first-order valence-corrected chi connectivity index (χ1v) is 8.93. The van der Waals surface area contributed by atoms with E-state index in [1.807, 2.05) is 31.2 Å². The smallest absolute Gasteiger partial charge is 0.410 e. The Balaban J connectivity index is 1.51. The predicted molar refractivity (Wildman–Crippen MR) is 96.4 cm³/mol. The van der Waals surface area contributed by atoms with Crippen molar-refractivity contribution in [3.63, 3.8) is 0 Å². The third kappa shape index (κ3) is 2.71. The third-order valence-corrected chi connectivity index (χ3v) is 5.72. The van der Waals surface area contributed by atoms with Gasteiger partial charge in [-0.25, -0.2) is 4.79 Å². The minimum Gasteiger partial charge on any atom is -0.448 e. The Morgan fingerprint density at radius 1 is 1.12 bits per heavy atom. The molecular formula is C21H23NO3. The molecule has 2 atom stereocenters. The maximum atomic E-state index is 12.5. The summed E-state index contributed by atoms with van der Waals surface area (Å²) in [6.07, 6.45) is 0.562. The number of fused-ring (bicyclic) bond motifs is 3. The van der Waals surface area contributed by atoms with Gasteiger partial charge < -0.3 is 14.7 Å². The lowest BCUT2D eigenvalue weighted by atomic mass is 9.98. The van der Waals surface area contributed by atoms with E-state index < -0.39 is 0 Å². The van der Waals surface area contributed by atoms with E-state index in [4.69, 9.17) is 4.74 Å². The first-order chi connectivity index (χ1) is 12.2. The summed E-state index contributed by atoms with van der Waals surface area (Å²) in [5.74, 6) is 0.239. The van der Waals surface area contributed by atoms with Gasteiger partial charge in [0, 0.05) is 31.0 Å². The van der Waals surface area contributed by atoms with Crippen molar-refractivity contribution in [1.82, 2.24) is 4.90 Å². The lowest BCUT2D eigenvalue weighted by molar-refractivity contribution is 0.0907. The van der Waals surface area contributed by atoms with Crippen LogP contribution < -0.4 is 0 Å². The minimum absolute atomic E-state index is 0.0284. The summed E-state index contributed by atoms with van der Waals surface area (Å²) in [5.41, 5.74) is 4.90. The van der Waals surface area contributed by atoms with E-state index in [-0.39, 0.29) is 30.6 Å². The Labute approximate surface area is 148 Å². The van der Waals surface area contributed by atoms with Crippen LogP contribution in [0, 0.1) is 5.92 Å². The van der Waals surface area contributed by atoms with Crippen LogP contribution in [0.25, 0.3) is 11.1 Å². The molecular weight excluding hydrogens is 314 g/mol. The molecule has 1 aliphatic carbocycles. The molecule has 25 heavy (non-hydrogen) atoms. The molecule has 2 aliphatic rings. The topological polar surface area (TPSA) is 49.8 Å². The molecule has 4 nitrogen and oxygen atoms in total. The highest BCUT2D eigenvalue weighted by Gasteiger charge is 2.35. The molecule has 4 rings (SSSR count). The zero-order chi connectivity index (χ0) is 17.4. The average molecular weight is 337 g/mol. The number of amides is 1. The van der Waals surface area contributed by atoms with Crippen molar-refractivity contribution >= 4 is 6.09 Å².